The topological polar surface area (TPSA) is 82.1 Å². The number of piperidine rings is 1. The van der Waals surface area contributed by atoms with Gasteiger partial charge < -0.3 is 19.1 Å². The largest absolute Gasteiger partial charge is 0.516 e. The molecule has 1 aliphatic heterocycles. The zero-order chi connectivity index (χ0) is 18.9. The Hall–Kier alpha value is -2.57. The second-order valence-corrected chi connectivity index (χ2v) is 6.74. The first-order valence-corrected chi connectivity index (χ1v) is 8.83. The highest BCUT2D eigenvalue weighted by atomic mass is 16.7. The van der Waals surface area contributed by atoms with E-state index < -0.39 is 18.2 Å². The Bertz CT molecular complexity index is 608. The summed E-state index contributed by atoms with van der Waals surface area (Å²) in [6, 6.07) is 8.89. The molecule has 0 spiro atoms. The predicted octanol–water partition coefficient (Wildman–Crippen LogP) is 3.62. The van der Waals surface area contributed by atoms with Gasteiger partial charge in [0.15, 0.2) is 0 Å². The molecule has 0 aliphatic carbocycles. The van der Waals surface area contributed by atoms with Gasteiger partial charge in [-0.1, -0.05) is 32.0 Å². The summed E-state index contributed by atoms with van der Waals surface area (Å²) in [5, 5.41) is 0. The molecule has 2 rings (SSSR count). The maximum Gasteiger partial charge on any atom is 0.516 e. The van der Waals surface area contributed by atoms with E-state index in [0.29, 0.717) is 31.7 Å². The fourth-order valence-electron chi connectivity index (χ4n) is 2.61. The first kappa shape index (κ1) is 19.8. The zero-order valence-corrected chi connectivity index (χ0v) is 15.2. The van der Waals surface area contributed by atoms with Crippen LogP contribution in [-0.4, -0.2) is 42.8 Å². The van der Waals surface area contributed by atoms with Gasteiger partial charge in [0, 0.05) is 19.5 Å². The fraction of sp³-hybridized carbons (Fsp3) is 0.526. The number of amides is 1. The van der Waals surface area contributed by atoms with Crippen molar-refractivity contribution in [2.75, 3.05) is 19.7 Å². The molecule has 0 N–H and O–H groups in total. The van der Waals surface area contributed by atoms with Crippen molar-refractivity contribution in [3.8, 4) is 5.75 Å². The van der Waals surface area contributed by atoms with Gasteiger partial charge in [-0.3, -0.25) is 4.79 Å². The van der Waals surface area contributed by atoms with Gasteiger partial charge in [0.05, 0.1) is 6.61 Å². The SMILES string of the molecule is CC(C)COC(=O)OC(=O)CC1CCN(C(=O)Oc2ccccc2)CC1. The number of likely N-dealkylation sites (tertiary alicyclic amines) is 1. The molecule has 142 valence electrons. The van der Waals surface area contributed by atoms with Crippen LogP contribution in [-0.2, 0) is 14.3 Å². The molecular weight excluding hydrogens is 338 g/mol. The average Bonchev–Trinajstić information content (AvgIpc) is 2.61. The molecule has 0 aromatic heterocycles. The lowest BCUT2D eigenvalue weighted by Gasteiger charge is -2.30. The van der Waals surface area contributed by atoms with Gasteiger partial charge in [-0.05, 0) is 36.8 Å². The number of ether oxygens (including phenoxy) is 3. The number of esters is 1. The Morgan fingerprint density at radius 1 is 1.12 bits per heavy atom. The van der Waals surface area contributed by atoms with Gasteiger partial charge in [0.25, 0.3) is 0 Å². The molecule has 0 bridgehead atoms. The van der Waals surface area contributed by atoms with Gasteiger partial charge >= 0.3 is 18.2 Å². The highest BCUT2D eigenvalue weighted by molar-refractivity contribution is 5.81. The van der Waals surface area contributed by atoms with Crippen LogP contribution in [0.2, 0.25) is 0 Å². The van der Waals surface area contributed by atoms with Crippen LogP contribution < -0.4 is 4.74 Å². The first-order valence-electron chi connectivity index (χ1n) is 8.83. The van der Waals surface area contributed by atoms with E-state index in [-0.39, 0.29) is 24.9 Å². The summed E-state index contributed by atoms with van der Waals surface area (Å²) in [5.41, 5.74) is 0. The number of carbonyl (C=O) groups is 3. The standard InChI is InChI=1S/C19H25NO6/c1-14(2)13-24-19(23)26-17(21)12-15-8-10-20(11-9-15)18(22)25-16-6-4-3-5-7-16/h3-7,14-15H,8-13H2,1-2H3. The van der Waals surface area contributed by atoms with Crippen LogP contribution in [0.15, 0.2) is 30.3 Å². The van der Waals surface area contributed by atoms with E-state index in [4.69, 9.17) is 9.47 Å². The van der Waals surface area contributed by atoms with Crippen molar-refractivity contribution in [3.05, 3.63) is 30.3 Å². The quantitative estimate of drug-likeness (QED) is 0.587. The average molecular weight is 363 g/mol. The van der Waals surface area contributed by atoms with E-state index in [1.165, 1.54) is 0 Å². The van der Waals surface area contributed by atoms with Crippen LogP contribution in [0.3, 0.4) is 0 Å². The number of rotatable bonds is 5. The molecule has 1 saturated heterocycles. The molecule has 7 heteroatoms. The number of hydrogen-bond donors (Lipinski definition) is 0. The predicted molar refractivity (Wildman–Crippen MR) is 93.7 cm³/mol. The molecule has 0 radical (unpaired) electrons. The maximum atomic E-state index is 12.1. The summed E-state index contributed by atoms with van der Waals surface area (Å²) in [6.45, 7) is 5.01. The van der Waals surface area contributed by atoms with E-state index >= 15 is 0 Å². The van der Waals surface area contributed by atoms with Crippen molar-refractivity contribution in [2.24, 2.45) is 11.8 Å². The number of hydrogen-bond acceptors (Lipinski definition) is 6. The van der Waals surface area contributed by atoms with Crippen LogP contribution in [0.4, 0.5) is 9.59 Å². The van der Waals surface area contributed by atoms with Crippen LogP contribution in [0.5, 0.6) is 5.75 Å². The van der Waals surface area contributed by atoms with Crippen LogP contribution in [0.1, 0.15) is 33.1 Å². The second kappa shape index (κ2) is 9.79. The normalized spacial score (nSPS) is 14.8. The number of carbonyl (C=O) groups excluding carboxylic acids is 3. The molecule has 26 heavy (non-hydrogen) atoms. The van der Waals surface area contributed by atoms with E-state index in [2.05, 4.69) is 4.74 Å². The molecule has 7 nitrogen and oxygen atoms in total. The monoisotopic (exact) mass is 363 g/mol. The third kappa shape index (κ3) is 6.74. The summed E-state index contributed by atoms with van der Waals surface area (Å²) in [4.78, 5) is 36.9. The molecule has 0 atom stereocenters. The minimum Gasteiger partial charge on any atom is -0.434 e. The van der Waals surface area contributed by atoms with Gasteiger partial charge in [-0.15, -0.1) is 0 Å². The van der Waals surface area contributed by atoms with Gasteiger partial charge in [0.2, 0.25) is 0 Å². The lowest BCUT2D eigenvalue weighted by Crippen LogP contribution is -2.40. The van der Waals surface area contributed by atoms with Crippen LogP contribution in [0.25, 0.3) is 0 Å². The Kier molecular flexibility index (Phi) is 7.44. The Morgan fingerprint density at radius 3 is 2.38 bits per heavy atom. The fourth-order valence-corrected chi connectivity index (χ4v) is 2.61. The van der Waals surface area contributed by atoms with Crippen molar-refractivity contribution >= 4 is 18.2 Å². The van der Waals surface area contributed by atoms with Crippen molar-refractivity contribution in [2.45, 2.75) is 33.1 Å². The number of para-hydroxylation sites is 1. The highest BCUT2D eigenvalue weighted by Crippen LogP contribution is 2.22. The smallest absolute Gasteiger partial charge is 0.434 e. The molecular formula is C19H25NO6. The summed E-state index contributed by atoms with van der Waals surface area (Å²) >= 11 is 0. The lowest BCUT2D eigenvalue weighted by atomic mass is 9.94. The number of nitrogens with zero attached hydrogens (tertiary/aromatic N) is 1. The van der Waals surface area contributed by atoms with Gasteiger partial charge in [-0.25, -0.2) is 9.59 Å². The minimum atomic E-state index is -0.951. The van der Waals surface area contributed by atoms with E-state index in [1.54, 1.807) is 29.2 Å². The van der Waals surface area contributed by atoms with E-state index in [9.17, 15) is 14.4 Å². The molecule has 1 aromatic rings. The van der Waals surface area contributed by atoms with E-state index in [0.717, 1.165) is 0 Å². The Balaban J connectivity index is 1.68. The van der Waals surface area contributed by atoms with Crippen molar-refractivity contribution in [1.82, 2.24) is 4.90 Å². The van der Waals surface area contributed by atoms with Crippen LogP contribution in [0, 0.1) is 11.8 Å². The van der Waals surface area contributed by atoms with Crippen LogP contribution >= 0.6 is 0 Å². The summed E-state index contributed by atoms with van der Waals surface area (Å²) in [7, 11) is 0. The maximum absolute atomic E-state index is 12.1. The zero-order valence-electron chi connectivity index (χ0n) is 15.2. The van der Waals surface area contributed by atoms with Crippen molar-refractivity contribution in [1.29, 1.82) is 0 Å². The third-order valence-electron chi connectivity index (χ3n) is 4.01. The van der Waals surface area contributed by atoms with Gasteiger partial charge in [-0.2, -0.15) is 0 Å². The number of benzene rings is 1. The summed E-state index contributed by atoms with van der Waals surface area (Å²) in [5.74, 6) is 0.158. The Morgan fingerprint density at radius 2 is 1.77 bits per heavy atom. The molecule has 0 unspecified atom stereocenters. The Labute approximate surface area is 153 Å². The van der Waals surface area contributed by atoms with E-state index in [1.807, 2.05) is 19.9 Å². The third-order valence-corrected chi connectivity index (χ3v) is 4.01. The molecule has 1 fully saturated rings. The second-order valence-electron chi connectivity index (χ2n) is 6.74. The molecule has 1 aliphatic rings. The summed E-state index contributed by atoms with van der Waals surface area (Å²) in [6.07, 6.45) is 0.0976. The molecule has 1 amide bonds. The summed E-state index contributed by atoms with van der Waals surface area (Å²) < 4.78 is 14.8. The highest BCUT2D eigenvalue weighted by Gasteiger charge is 2.27. The van der Waals surface area contributed by atoms with Crippen molar-refractivity contribution < 1.29 is 28.6 Å². The molecule has 1 heterocycles. The minimum absolute atomic E-state index is 0.0705. The molecule has 1 aromatic carbocycles. The lowest BCUT2D eigenvalue weighted by molar-refractivity contribution is -0.141. The van der Waals surface area contributed by atoms with Gasteiger partial charge in [0.1, 0.15) is 5.75 Å². The first-order chi connectivity index (χ1) is 12.4. The van der Waals surface area contributed by atoms with Crippen molar-refractivity contribution in [3.63, 3.8) is 0 Å². The molecule has 0 saturated carbocycles.